The standard InChI is InChI=1S/C19H21ClN2O2.ClH/c20-16-8-6-14(7-9-16)13-24-18-5-1-3-15(11-18)19(23)22-17-4-2-10-21-12-17;/h1,3,5-9,11,17,21H,2,4,10,12-13H2,(H,22,23);1H/t17-;/m0./s1. The molecule has 1 amide bonds. The number of halogens is 2. The average molecular weight is 381 g/mol. The van der Waals surface area contributed by atoms with E-state index < -0.39 is 0 Å². The van der Waals surface area contributed by atoms with Gasteiger partial charge in [-0.25, -0.2) is 0 Å². The van der Waals surface area contributed by atoms with Crippen LogP contribution < -0.4 is 15.4 Å². The van der Waals surface area contributed by atoms with Gasteiger partial charge in [0.15, 0.2) is 0 Å². The second-order valence-electron chi connectivity index (χ2n) is 5.96. The molecule has 1 saturated heterocycles. The van der Waals surface area contributed by atoms with Crippen LogP contribution in [0.1, 0.15) is 28.8 Å². The van der Waals surface area contributed by atoms with Gasteiger partial charge >= 0.3 is 0 Å². The Hall–Kier alpha value is -1.75. The molecule has 0 spiro atoms. The molecule has 1 aliphatic heterocycles. The van der Waals surface area contributed by atoms with E-state index in [-0.39, 0.29) is 24.4 Å². The summed E-state index contributed by atoms with van der Waals surface area (Å²) in [5.41, 5.74) is 1.65. The van der Waals surface area contributed by atoms with Gasteiger partial charge in [-0.05, 0) is 55.3 Å². The van der Waals surface area contributed by atoms with E-state index in [9.17, 15) is 4.79 Å². The predicted molar refractivity (Wildman–Crippen MR) is 103 cm³/mol. The molecule has 0 aliphatic carbocycles. The van der Waals surface area contributed by atoms with E-state index >= 15 is 0 Å². The lowest BCUT2D eigenvalue weighted by molar-refractivity contribution is 0.0930. The second-order valence-corrected chi connectivity index (χ2v) is 6.40. The van der Waals surface area contributed by atoms with Crippen molar-refractivity contribution in [2.24, 2.45) is 0 Å². The maximum atomic E-state index is 12.4. The molecule has 0 aromatic heterocycles. The molecule has 6 heteroatoms. The summed E-state index contributed by atoms with van der Waals surface area (Å²) in [6.07, 6.45) is 2.11. The number of piperidine rings is 1. The lowest BCUT2D eigenvalue weighted by atomic mass is 10.1. The third-order valence-corrected chi connectivity index (χ3v) is 4.30. The molecule has 134 valence electrons. The van der Waals surface area contributed by atoms with Crippen LogP contribution in [0.2, 0.25) is 5.02 Å². The number of hydrogen-bond donors (Lipinski definition) is 2. The fourth-order valence-corrected chi connectivity index (χ4v) is 2.84. The van der Waals surface area contributed by atoms with Gasteiger partial charge in [-0.1, -0.05) is 29.8 Å². The van der Waals surface area contributed by atoms with Crippen molar-refractivity contribution in [3.63, 3.8) is 0 Å². The SMILES string of the molecule is Cl.O=C(N[C@H]1CCCNC1)c1cccc(OCc2ccc(Cl)cc2)c1. The van der Waals surface area contributed by atoms with Gasteiger partial charge in [0.1, 0.15) is 12.4 Å². The van der Waals surface area contributed by atoms with Gasteiger partial charge < -0.3 is 15.4 Å². The molecule has 1 aliphatic rings. The minimum Gasteiger partial charge on any atom is -0.489 e. The Morgan fingerprint density at radius 1 is 1.24 bits per heavy atom. The first kappa shape index (κ1) is 19.6. The molecule has 0 unspecified atom stereocenters. The monoisotopic (exact) mass is 380 g/mol. The number of benzene rings is 2. The van der Waals surface area contributed by atoms with Crippen molar-refractivity contribution in [2.45, 2.75) is 25.5 Å². The molecule has 0 bridgehead atoms. The van der Waals surface area contributed by atoms with Gasteiger partial charge in [0, 0.05) is 23.2 Å². The van der Waals surface area contributed by atoms with E-state index in [0.717, 1.165) is 31.5 Å². The maximum Gasteiger partial charge on any atom is 0.251 e. The quantitative estimate of drug-likeness (QED) is 0.828. The Balaban J connectivity index is 0.00000225. The molecular formula is C19H22Cl2N2O2. The number of nitrogens with one attached hydrogen (secondary N) is 2. The smallest absolute Gasteiger partial charge is 0.251 e. The highest BCUT2D eigenvalue weighted by molar-refractivity contribution is 6.30. The Morgan fingerprint density at radius 3 is 2.76 bits per heavy atom. The molecular weight excluding hydrogens is 359 g/mol. The molecule has 4 nitrogen and oxygen atoms in total. The van der Waals surface area contributed by atoms with Crippen LogP contribution in [0, 0.1) is 0 Å². The van der Waals surface area contributed by atoms with Crippen molar-refractivity contribution in [2.75, 3.05) is 13.1 Å². The maximum absolute atomic E-state index is 12.4. The van der Waals surface area contributed by atoms with Crippen LogP contribution in [0.25, 0.3) is 0 Å². The predicted octanol–water partition coefficient (Wildman–Crippen LogP) is 3.82. The molecule has 3 rings (SSSR count). The number of amides is 1. The third-order valence-electron chi connectivity index (χ3n) is 4.05. The summed E-state index contributed by atoms with van der Waals surface area (Å²) in [4.78, 5) is 12.4. The molecule has 1 heterocycles. The first-order valence-corrected chi connectivity index (χ1v) is 8.57. The highest BCUT2D eigenvalue weighted by atomic mass is 35.5. The number of carbonyl (C=O) groups is 1. The Kier molecular flexibility index (Phi) is 7.56. The Labute approximate surface area is 159 Å². The second kappa shape index (κ2) is 9.66. The van der Waals surface area contributed by atoms with Crippen LogP contribution in [0.15, 0.2) is 48.5 Å². The molecule has 1 fully saturated rings. The zero-order valence-corrected chi connectivity index (χ0v) is 15.4. The van der Waals surface area contributed by atoms with Crippen LogP contribution in [0.5, 0.6) is 5.75 Å². The van der Waals surface area contributed by atoms with E-state index in [2.05, 4.69) is 10.6 Å². The molecule has 2 N–H and O–H groups in total. The fourth-order valence-electron chi connectivity index (χ4n) is 2.72. The molecule has 0 radical (unpaired) electrons. The van der Waals surface area contributed by atoms with Crippen molar-refractivity contribution in [3.8, 4) is 5.75 Å². The highest BCUT2D eigenvalue weighted by Crippen LogP contribution is 2.17. The zero-order valence-electron chi connectivity index (χ0n) is 13.8. The fraction of sp³-hybridized carbons (Fsp3) is 0.316. The summed E-state index contributed by atoms with van der Waals surface area (Å²) in [7, 11) is 0. The van der Waals surface area contributed by atoms with Crippen molar-refractivity contribution >= 4 is 29.9 Å². The average Bonchev–Trinajstić information content (AvgIpc) is 2.62. The lowest BCUT2D eigenvalue weighted by Gasteiger charge is -2.23. The van der Waals surface area contributed by atoms with E-state index in [4.69, 9.17) is 16.3 Å². The molecule has 1 atom stereocenters. The number of rotatable bonds is 5. The summed E-state index contributed by atoms with van der Waals surface area (Å²) in [5, 5.41) is 7.07. The van der Waals surface area contributed by atoms with Gasteiger partial charge in [-0.3, -0.25) is 4.79 Å². The zero-order chi connectivity index (χ0) is 16.8. The highest BCUT2D eigenvalue weighted by Gasteiger charge is 2.16. The van der Waals surface area contributed by atoms with E-state index in [1.165, 1.54) is 0 Å². The summed E-state index contributed by atoms with van der Waals surface area (Å²) >= 11 is 5.87. The number of hydrogen-bond acceptors (Lipinski definition) is 3. The van der Waals surface area contributed by atoms with Gasteiger partial charge in [0.2, 0.25) is 0 Å². The summed E-state index contributed by atoms with van der Waals surface area (Å²) < 4.78 is 5.78. The van der Waals surface area contributed by atoms with Gasteiger partial charge in [-0.15, -0.1) is 12.4 Å². The normalized spacial score (nSPS) is 16.6. The third kappa shape index (κ3) is 5.92. The van der Waals surface area contributed by atoms with Crippen molar-refractivity contribution in [1.29, 1.82) is 0 Å². The lowest BCUT2D eigenvalue weighted by Crippen LogP contribution is -2.45. The van der Waals surface area contributed by atoms with Crippen LogP contribution in [0.3, 0.4) is 0 Å². The van der Waals surface area contributed by atoms with Gasteiger partial charge in [0.05, 0.1) is 0 Å². The Bertz CT molecular complexity index is 686. The molecule has 2 aromatic carbocycles. The Morgan fingerprint density at radius 2 is 2.04 bits per heavy atom. The summed E-state index contributed by atoms with van der Waals surface area (Å²) in [5.74, 6) is 0.625. The summed E-state index contributed by atoms with van der Waals surface area (Å²) in [6, 6.07) is 15.0. The van der Waals surface area contributed by atoms with Crippen LogP contribution in [-0.4, -0.2) is 25.0 Å². The topological polar surface area (TPSA) is 50.4 Å². The minimum absolute atomic E-state index is 0. The molecule has 0 saturated carbocycles. The van der Waals surface area contributed by atoms with Gasteiger partial charge in [0.25, 0.3) is 5.91 Å². The largest absolute Gasteiger partial charge is 0.489 e. The van der Waals surface area contributed by atoms with E-state index in [1.807, 2.05) is 36.4 Å². The molecule has 25 heavy (non-hydrogen) atoms. The number of ether oxygens (including phenoxy) is 1. The minimum atomic E-state index is -0.0550. The van der Waals surface area contributed by atoms with Gasteiger partial charge in [-0.2, -0.15) is 0 Å². The van der Waals surface area contributed by atoms with E-state index in [1.54, 1.807) is 12.1 Å². The molecule has 2 aromatic rings. The van der Waals surface area contributed by atoms with Crippen molar-refractivity contribution < 1.29 is 9.53 Å². The first-order valence-electron chi connectivity index (χ1n) is 8.19. The van der Waals surface area contributed by atoms with E-state index in [0.29, 0.717) is 22.9 Å². The summed E-state index contributed by atoms with van der Waals surface area (Å²) in [6.45, 7) is 2.30. The van der Waals surface area contributed by atoms with Crippen molar-refractivity contribution in [3.05, 3.63) is 64.7 Å². The first-order chi connectivity index (χ1) is 11.7. The number of carbonyl (C=O) groups excluding carboxylic acids is 1. The van der Waals surface area contributed by atoms with Crippen molar-refractivity contribution in [1.82, 2.24) is 10.6 Å². The van der Waals surface area contributed by atoms with Crippen LogP contribution in [0.4, 0.5) is 0 Å². The van der Waals surface area contributed by atoms with Crippen LogP contribution >= 0.6 is 24.0 Å². The van der Waals surface area contributed by atoms with Crippen LogP contribution in [-0.2, 0) is 6.61 Å².